The summed E-state index contributed by atoms with van der Waals surface area (Å²) in [4.78, 5) is 0. The number of benzene rings is 1. The van der Waals surface area contributed by atoms with Gasteiger partial charge in [0.05, 0.1) is 6.61 Å². The molecule has 1 aliphatic carbocycles. The van der Waals surface area contributed by atoms with Gasteiger partial charge in [0.1, 0.15) is 5.75 Å². The van der Waals surface area contributed by atoms with Crippen molar-refractivity contribution in [2.45, 2.75) is 45.6 Å². The number of anilines is 1. The third kappa shape index (κ3) is 3.65. The van der Waals surface area contributed by atoms with Crippen LogP contribution in [0, 0.1) is 5.92 Å². The predicted octanol–water partition coefficient (Wildman–Crippen LogP) is 4.08. The van der Waals surface area contributed by atoms with Gasteiger partial charge in [0.15, 0.2) is 0 Å². The van der Waals surface area contributed by atoms with E-state index >= 15 is 0 Å². The van der Waals surface area contributed by atoms with Gasteiger partial charge in [-0.25, -0.2) is 0 Å². The second kappa shape index (κ2) is 5.95. The summed E-state index contributed by atoms with van der Waals surface area (Å²) >= 11 is 0. The molecule has 2 atom stereocenters. The molecule has 0 radical (unpaired) electrons. The number of ether oxygens (including phenoxy) is 1. The third-order valence-electron chi connectivity index (χ3n) is 3.47. The Hall–Kier alpha value is -1.18. The van der Waals surface area contributed by atoms with E-state index in [1.807, 2.05) is 19.1 Å². The van der Waals surface area contributed by atoms with Crippen molar-refractivity contribution in [3.05, 3.63) is 24.3 Å². The number of hydrogen-bond acceptors (Lipinski definition) is 2. The van der Waals surface area contributed by atoms with Crippen LogP contribution < -0.4 is 10.1 Å². The Morgan fingerprint density at radius 1 is 1.24 bits per heavy atom. The molecule has 0 aromatic heterocycles. The molecule has 1 aromatic carbocycles. The van der Waals surface area contributed by atoms with Gasteiger partial charge in [-0.15, -0.1) is 0 Å². The number of hydrogen-bond donors (Lipinski definition) is 1. The van der Waals surface area contributed by atoms with Crippen molar-refractivity contribution >= 4 is 5.69 Å². The topological polar surface area (TPSA) is 21.3 Å². The van der Waals surface area contributed by atoms with E-state index < -0.39 is 0 Å². The largest absolute Gasteiger partial charge is 0.494 e. The normalized spacial score (nSPS) is 24.4. The van der Waals surface area contributed by atoms with Gasteiger partial charge in [-0.2, -0.15) is 0 Å². The van der Waals surface area contributed by atoms with Crippen molar-refractivity contribution in [2.75, 3.05) is 11.9 Å². The Labute approximate surface area is 104 Å². The molecule has 0 spiro atoms. The Balaban J connectivity index is 1.89. The maximum absolute atomic E-state index is 5.44. The van der Waals surface area contributed by atoms with Gasteiger partial charge >= 0.3 is 0 Å². The zero-order valence-corrected chi connectivity index (χ0v) is 10.9. The zero-order chi connectivity index (χ0) is 12.1. The van der Waals surface area contributed by atoms with Crippen LogP contribution in [0.1, 0.15) is 39.5 Å². The van der Waals surface area contributed by atoms with Gasteiger partial charge in [-0.3, -0.25) is 0 Å². The van der Waals surface area contributed by atoms with Crippen LogP contribution in [-0.4, -0.2) is 12.6 Å². The molecule has 1 aromatic rings. The molecule has 1 N–H and O–H groups in total. The van der Waals surface area contributed by atoms with E-state index in [0.29, 0.717) is 6.04 Å². The molecule has 0 amide bonds. The monoisotopic (exact) mass is 233 g/mol. The molecule has 1 aliphatic rings. The van der Waals surface area contributed by atoms with Gasteiger partial charge in [0.25, 0.3) is 0 Å². The van der Waals surface area contributed by atoms with Crippen LogP contribution in [0.15, 0.2) is 24.3 Å². The fourth-order valence-electron chi connectivity index (χ4n) is 2.61. The fourth-order valence-corrected chi connectivity index (χ4v) is 2.61. The molecule has 1 saturated carbocycles. The van der Waals surface area contributed by atoms with Crippen molar-refractivity contribution in [1.29, 1.82) is 0 Å². The number of nitrogens with one attached hydrogen (secondary N) is 1. The minimum absolute atomic E-state index is 0.650. The minimum Gasteiger partial charge on any atom is -0.494 e. The molecule has 1 fully saturated rings. The second-order valence-corrected chi connectivity index (χ2v) is 5.07. The lowest BCUT2D eigenvalue weighted by atomic mass is 9.87. The summed E-state index contributed by atoms with van der Waals surface area (Å²) < 4.78 is 5.44. The van der Waals surface area contributed by atoms with E-state index in [1.54, 1.807) is 0 Å². The van der Waals surface area contributed by atoms with Gasteiger partial charge in [0, 0.05) is 11.7 Å². The first-order chi connectivity index (χ1) is 8.28. The van der Waals surface area contributed by atoms with Crippen LogP contribution in [0.3, 0.4) is 0 Å². The number of rotatable bonds is 4. The highest BCUT2D eigenvalue weighted by atomic mass is 16.5. The molecule has 94 valence electrons. The molecular weight excluding hydrogens is 210 g/mol. The quantitative estimate of drug-likeness (QED) is 0.846. The van der Waals surface area contributed by atoms with E-state index in [-0.39, 0.29) is 0 Å². The van der Waals surface area contributed by atoms with Crippen LogP contribution >= 0.6 is 0 Å². The van der Waals surface area contributed by atoms with Crippen molar-refractivity contribution < 1.29 is 4.74 Å². The first-order valence-electron chi connectivity index (χ1n) is 6.77. The molecule has 2 heteroatoms. The highest BCUT2D eigenvalue weighted by Gasteiger charge is 2.18. The van der Waals surface area contributed by atoms with Crippen LogP contribution in [0.4, 0.5) is 5.69 Å². The van der Waals surface area contributed by atoms with Crippen molar-refractivity contribution in [2.24, 2.45) is 5.92 Å². The molecule has 2 nitrogen and oxygen atoms in total. The first kappa shape index (κ1) is 12.3. The molecule has 2 rings (SSSR count). The van der Waals surface area contributed by atoms with Crippen molar-refractivity contribution in [3.63, 3.8) is 0 Å². The smallest absolute Gasteiger partial charge is 0.119 e. The SMILES string of the molecule is CCOc1ccc(NC2CCC[C@H](C)C2)cc1. The lowest BCUT2D eigenvalue weighted by Crippen LogP contribution is -2.26. The Bertz CT molecular complexity index is 333. The summed E-state index contributed by atoms with van der Waals surface area (Å²) in [6, 6.07) is 8.96. The molecule has 1 unspecified atom stereocenters. The van der Waals surface area contributed by atoms with Crippen LogP contribution in [0.5, 0.6) is 5.75 Å². The minimum atomic E-state index is 0.650. The average Bonchev–Trinajstić information content (AvgIpc) is 2.32. The van der Waals surface area contributed by atoms with Gasteiger partial charge in [-0.05, 0) is 49.9 Å². The van der Waals surface area contributed by atoms with Crippen LogP contribution in [-0.2, 0) is 0 Å². The van der Waals surface area contributed by atoms with Crippen molar-refractivity contribution in [3.8, 4) is 5.75 Å². The molecule has 0 aliphatic heterocycles. The lowest BCUT2D eigenvalue weighted by Gasteiger charge is -2.28. The summed E-state index contributed by atoms with van der Waals surface area (Å²) in [5.74, 6) is 1.82. The van der Waals surface area contributed by atoms with Crippen LogP contribution in [0.25, 0.3) is 0 Å². The highest BCUT2D eigenvalue weighted by Crippen LogP contribution is 2.26. The van der Waals surface area contributed by atoms with E-state index in [2.05, 4.69) is 24.4 Å². The maximum Gasteiger partial charge on any atom is 0.119 e. The molecule has 17 heavy (non-hydrogen) atoms. The molecule has 0 bridgehead atoms. The van der Waals surface area contributed by atoms with E-state index in [9.17, 15) is 0 Å². The molecular formula is C15H23NO. The van der Waals surface area contributed by atoms with E-state index in [1.165, 1.54) is 31.4 Å². The predicted molar refractivity (Wildman–Crippen MR) is 72.7 cm³/mol. The first-order valence-corrected chi connectivity index (χ1v) is 6.77. The molecule has 0 heterocycles. The third-order valence-corrected chi connectivity index (χ3v) is 3.47. The summed E-state index contributed by atoms with van der Waals surface area (Å²) in [5, 5.41) is 3.63. The van der Waals surface area contributed by atoms with E-state index in [4.69, 9.17) is 4.74 Å². The summed E-state index contributed by atoms with van der Waals surface area (Å²) in [7, 11) is 0. The summed E-state index contributed by atoms with van der Waals surface area (Å²) in [5.41, 5.74) is 1.22. The maximum atomic E-state index is 5.44. The van der Waals surface area contributed by atoms with Gasteiger partial charge in [0.2, 0.25) is 0 Å². The Morgan fingerprint density at radius 3 is 2.65 bits per heavy atom. The Morgan fingerprint density at radius 2 is 2.00 bits per heavy atom. The van der Waals surface area contributed by atoms with Crippen LogP contribution in [0.2, 0.25) is 0 Å². The fraction of sp³-hybridized carbons (Fsp3) is 0.600. The lowest BCUT2D eigenvalue weighted by molar-refractivity contribution is 0.340. The van der Waals surface area contributed by atoms with Crippen molar-refractivity contribution in [1.82, 2.24) is 0 Å². The molecule has 0 saturated heterocycles. The highest BCUT2D eigenvalue weighted by molar-refractivity contribution is 5.47. The van der Waals surface area contributed by atoms with E-state index in [0.717, 1.165) is 18.3 Å². The summed E-state index contributed by atoms with van der Waals surface area (Å²) in [6.07, 6.45) is 5.35. The Kier molecular flexibility index (Phi) is 4.29. The van der Waals surface area contributed by atoms with Gasteiger partial charge < -0.3 is 10.1 Å². The summed E-state index contributed by atoms with van der Waals surface area (Å²) in [6.45, 7) is 5.09. The van der Waals surface area contributed by atoms with Gasteiger partial charge in [-0.1, -0.05) is 19.8 Å². The average molecular weight is 233 g/mol. The standard InChI is InChI=1S/C15H23NO/c1-3-17-15-9-7-13(8-10-15)16-14-6-4-5-12(2)11-14/h7-10,12,14,16H,3-6,11H2,1-2H3/t12-,14?/m0/s1. The second-order valence-electron chi connectivity index (χ2n) is 5.07. The zero-order valence-electron chi connectivity index (χ0n) is 10.9.